The lowest BCUT2D eigenvalue weighted by Crippen LogP contribution is -2.46. The van der Waals surface area contributed by atoms with Crippen molar-refractivity contribution in [1.29, 1.82) is 0 Å². The Kier molecular flexibility index (Phi) is 5.21. The number of rotatable bonds is 5. The third-order valence-corrected chi connectivity index (χ3v) is 7.65. The van der Waals surface area contributed by atoms with Crippen molar-refractivity contribution in [2.24, 2.45) is 5.92 Å². The highest BCUT2D eigenvalue weighted by Crippen LogP contribution is 2.43. The molecule has 0 unspecified atom stereocenters. The maximum Gasteiger partial charge on any atom is 0.135 e. The summed E-state index contributed by atoms with van der Waals surface area (Å²) in [5.74, 6) is 4.07. The summed E-state index contributed by atoms with van der Waals surface area (Å²) < 4.78 is 2.47. The molecule has 0 amide bonds. The minimum Gasteiger partial charge on any atom is -0.316 e. The number of fused-ring (bicyclic) bond motifs is 2. The van der Waals surface area contributed by atoms with Crippen LogP contribution in [0.5, 0.6) is 0 Å². The maximum absolute atomic E-state index is 4.50. The Morgan fingerprint density at radius 1 is 1.00 bits per heavy atom. The summed E-state index contributed by atoms with van der Waals surface area (Å²) in [5, 5.41) is 12.6. The van der Waals surface area contributed by atoms with Crippen molar-refractivity contribution >= 4 is 0 Å². The van der Waals surface area contributed by atoms with Gasteiger partial charge in [0.2, 0.25) is 0 Å². The Bertz CT molecular complexity index is 815. The molecule has 3 fully saturated rings. The number of nitrogens with zero attached hydrogens (tertiary/aromatic N) is 4. The smallest absolute Gasteiger partial charge is 0.135 e. The third-order valence-electron chi connectivity index (χ3n) is 7.65. The quantitative estimate of drug-likeness (QED) is 0.837. The van der Waals surface area contributed by atoms with Crippen LogP contribution in [0.2, 0.25) is 0 Å². The molecule has 0 aliphatic carbocycles. The largest absolute Gasteiger partial charge is 0.316 e. The van der Waals surface area contributed by atoms with Crippen molar-refractivity contribution in [2.75, 3.05) is 19.6 Å². The van der Waals surface area contributed by atoms with Gasteiger partial charge in [0.05, 0.1) is 0 Å². The molecule has 3 aliphatic rings. The Labute approximate surface area is 174 Å². The van der Waals surface area contributed by atoms with Crippen LogP contribution in [-0.2, 0) is 0 Å². The molecule has 2 aromatic rings. The summed E-state index contributed by atoms with van der Waals surface area (Å²) in [5.41, 5.74) is 1.51. The Morgan fingerprint density at radius 2 is 1.72 bits per heavy atom. The summed E-state index contributed by atoms with van der Waals surface area (Å²) in [6.07, 6.45) is 5.22. The predicted octanol–water partition coefficient (Wildman–Crippen LogP) is 3.88. The number of nitrogens with one attached hydrogen (secondary N) is 1. The van der Waals surface area contributed by atoms with Gasteiger partial charge in [-0.3, -0.25) is 4.90 Å². The molecule has 3 saturated heterocycles. The van der Waals surface area contributed by atoms with E-state index in [9.17, 15) is 0 Å². The van der Waals surface area contributed by atoms with Gasteiger partial charge in [-0.05, 0) is 50.6 Å². The molecule has 1 aromatic carbocycles. The van der Waals surface area contributed by atoms with Crippen LogP contribution in [-0.4, -0.2) is 51.4 Å². The summed E-state index contributed by atoms with van der Waals surface area (Å²) in [6, 6.07) is 13.1. The molecular formula is C24H35N5. The summed E-state index contributed by atoms with van der Waals surface area (Å²) in [7, 11) is 0. The molecule has 2 bridgehead atoms. The first kappa shape index (κ1) is 19.3. The fourth-order valence-corrected chi connectivity index (χ4v) is 6.27. The van der Waals surface area contributed by atoms with Crippen LogP contribution < -0.4 is 5.32 Å². The van der Waals surface area contributed by atoms with Crippen LogP contribution in [0.1, 0.15) is 74.6 Å². The zero-order valence-corrected chi connectivity index (χ0v) is 18.1. The van der Waals surface area contributed by atoms with Crippen molar-refractivity contribution in [1.82, 2.24) is 25.0 Å². The van der Waals surface area contributed by atoms with E-state index in [1.807, 2.05) is 0 Å². The van der Waals surface area contributed by atoms with Crippen LogP contribution in [0.25, 0.3) is 0 Å². The van der Waals surface area contributed by atoms with Gasteiger partial charge in [-0.15, -0.1) is 10.2 Å². The second-order valence-electron chi connectivity index (χ2n) is 9.77. The van der Waals surface area contributed by atoms with E-state index in [1.165, 1.54) is 43.6 Å². The standard InChI is InChI=1S/C24H35N5/c1-16(2)24-27-26-17(3)29(24)22-11-20-9-10-21(12-22)28(20)15-19-13-25-14-23(19)18-7-5-4-6-8-18/h4-8,16,19-23,25H,9-15H2,1-3H3/t19-,20-,21+,22-,23-/m1/s1. The second kappa shape index (κ2) is 7.84. The lowest BCUT2D eigenvalue weighted by atomic mass is 9.87. The highest BCUT2D eigenvalue weighted by molar-refractivity contribution is 5.22. The zero-order valence-electron chi connectivity index (χ0n) is 18.1. The van der Waals surface area contributed by atoms with Crippen LogP contribution in [0.3, 0.4) is 0 Å². The molecule has 3 aliphatic heterocycles. The van der Waals surface area contributed by atoms with Gasteiger partial charge in [0.25, 0.3) is 0 Å². The fraction of sp³-hybridized carbons (Fsp3) is 0.667. The van der Waals surface area contributed by atoms with E-state index in [4.69, 9.17) is 0 Å². The van der Waals surface area contributed by atoms with Crippen molar-refractivity contribution in [3.63, 3.8) is 0 Å². The van der Waals surface area contributed by atoms with E-state index < -0.39 is 0 Å². The van der Waals surface area contributed by atoms with Crippen molar-refractivity contribution < 1.29 is 0 Å². The van der Waals surface area contributed by atoms with Gasteiger partial charge in [-0.2, -0.15) is 0 Å². The number of hydrogen-bond donors (Lipinski definition) is 1. The molecule has 1 aromatic heterocycles. The van der Waals surface area contributed by atoms with E-state index in [0.717, 1.165) is 36.9 Å². The monoisotopic (exact) mass is 393 g/mol. The molecule has 5 atom stereocenters. The SMILES string of the molecule is Cc1nnc(C(C)C)n1[C@@H]1C[C@H]2CC[C@@H](C1)N2C[C@H]1CNC[C@@H]1c1ccccc1. The van der Waals surface area contributed by atoms with Gasteiger partial charge in [-0.25, -0.2) is 0 Å². The van der Waals surface area contributed by atoms with Crippen molar-refractivity contribution in [3.05, 3.63) is 47.5 Å². The highest BCUT2D eigenvalue weighted by atomic mass is 15.3. The highest BCUT2D eigenvalue weighted by Gasteiger charge is 2.44. The Balaban J connectivity index is 1.31. The number of hydrogen-bond acceptors (Lipinski definition) is 4. The molecule has 4 heterocycles. The number of aryl methyl sites for hydroxylation is 1. The molecule has 156 valence electrons. The number of benzene rings is 1. The van der Waals surface area contributed by atoms with Gasteiger partial charge in [0.15, 0.2) is 0 Å². The van der Waals surface area contributed by atoms with Crippen molar-refractivity contribution in [2.45, 2.75) is 76.4 Å². The molecule has 29 heavy (non-hydrogen) atoms. The average Bonchev–Trinajstić information content (AvgIpc) is 3.39. The number of piperidine rings is 1. The molecule has 5 nitrogen and oxygen atoms in total. The fourth-order valence-electron chi connectivity index (χ4n) is 6.27. The molecular weight excluding hydrogens is 358 g/mol. The predicted molar refractivity (Wildman–Crippen MR) is 116 cm³/mol. The van der Waals surface area contributed by atoms with Gasteiger partial charge < -0.3 is 9.88 Å². The third kappa shape index (κ3) is 3.53. The maximum atomic E-state index is 4.50. The van der Waals surface area contributed by atoms with Crippen LogP contribution in [0.4, 0.5) is 0 Å². The molecule has 0 spiro atoms. The Hall–Kier alpha value is -1.72. The van der Waals surface area contributed by atoms with Gasteiger partial charge in [0.1, 0.15) is 11.6 Å². The first-order valence-corrected chi connectivity index (χ1v) is 11.5. The molecule has 0 radical (unpaired) electrons. The van der Waals surface area contributed by atoms with Crippen LogP contribution in [0, 0.1) is 12.8 Å². The van der Waals surface area contributed by atoms with Gasteiger partial charge >= 0.3 is 0 Å². The van der Waals surface area contributed by atoms with E-state index in [-0.39, 0.29) is 0 Å². The van der Waals surface area contributed by atoms with Gasteiger partial charge in [-0.1, -0.05) is 44.2 Å². The lowest BCUT2D eigenvalue weighted by molar-refractivity contribution is 0.0872. The van der Waals surface area contributed by atoms with E-state index in [0.29, 0.717) is 17.9 Å². The van der Waals surface area contributed by atoms with Crippen LogP contribution >= 0.6 is 0 Å². The normalized spacial score (nSPS) is 32.3. The summed E-state index contributed by atoms with van der Waals surface area (Å²) in [4.78, 5) is 2.87. The summed E-state index contributed by atoms with van der Waals surface area (Å²) in [6.45, 7) is 10.1. The molecule has 0 saturated carbocycles. The Morgan fingerprint density at radius 3 is 2.41 bits per heavy atom. The zero-order chi connectivity index (χ0) is 20.0. The van der Waals surface area contributed by atoms with Crippen LogP contribution in [0.15, 0.2) is 30.3 Å². The van der Waals surface area contributed by atoms with Crippen molar-refractivity contribution in [3.8, 4) is 0 Å². The topological polar surface area (TPSA) is 46.0 Å². The molecule has 5 rings (SSSR count). The molecule has 5 heteroatoms. The van der Waals surface area contributed by atoms with E-state index >= 15 is 0 Å². The first-order chi connectivity index (χ1) is 14.1. The minimum absolute atomic E-state index is 0.433. The van der Waals surface area contributed by atoms with E-state index in [1.54, 1.807) is 0 Å². The number of aromatic nitrogens is 3. The molecule has 1 N–H and O–H groups in total. The average molecular weight is 394 g/mol. The summed E-state index contributed by atoms with van der Waals surface area (Å²) >= 11 is 0. The minimum atomic E-state index is 0.433. The second-order valence-corrected chi connectivity index (χ2v) is 9.77. The lowest BCUT2D eigenvalue weighted by Gasteiger charge is -2.42. The van der Waals surface area contributed by atoms with Gasteiger partial charge in [0, 0.05) is 43.1 Å². The first-order valence-electron chi connectivity index (χ1n) is 11.5. The van der Waals surface area contributed by atoms with E-state index in [2.05, 4.69) is 76.1 Å².